The molecule has 0 saturated carbocycles. The highest BCUT2D eigenvalue weighted by molar-refractivity contribution is 5.94. The summed E-state index contributed by atoms with van der Waals surface area (Å²) in [6.07, 6.45) is 2.83. The molecule has 0 rings (SSSR count). The van der Waals surface area contributed by atoms with Crippen molar-refractivity contribution in [2.75, 3.05) is 13.1 Å². The minimum absolute atomic E-state index is 0.213. The Morgan fingerprint density at radius 3 is 2.33 bits per heavy atom. The number of nitrogens with zero attached hydrogens (tertiary/aromatic N) is 1. The van der Waals surface area contributed by atoms with Gasteiger partial charge in [0.1, 0.15) is 0 Å². The van der Waals surface area contributed by atoms with Crippen molar-refractivity contribution in [1.29, 1.82) is 0 Å². The van der Waals surface area contributed by atoms with Crippen LogP contribution in [-0.2, 0) is 4.79 Å². The van der Waals surface area contributed by atoms with E-state index in [1.807, 2.05) is 13.8 Å². The lowest BCUT2D eigenvalue weighted by molar-refractivity contribution is -0.165. The van der Waals surface area contributed by atoms with Gasteiger partial charge in [-0.15, -0.1) is 6.42 Å². The van der Waals surface area contributed by atoms with Gasteiger partial charge in [-0.05, 0) is 12.8 Å². The first-order valence-corrected chi connectivity index (χ1v) is 5.86. The van der Waals surface area contributed by atoms with Crippen LogP contribution in [0.3, 0.4) is 0 Å². The highest BCUT2D eigenvalue weighted by atomic mass is 19.4. The van der Waals surface area contributed by atoms with Gasteiger partial charge in [0.15, 0.2) is 0 Å². The Kier molecular flexibility index (Phi) is 7.18. The van der Waals surface area contributed by atoms with Crippen LogP contribution in [0.15, 0.2) is 11.8 Å². The maximum atomic E-state index is 12.2. The summed E-state index contributed by atoms with van der Waals surface area (Å²) in [5, 5.41) is 0. The van der Waals surface area contributed by atoms with Gasteiger partial charge in [-0.2, -0.15) is 13.2 Å². The second-order valence-electron chi connectivity index (χ2n) is 3.87. The molecule has 0 N–H and O–H groups in total. The van der Waals surface area contributed by atoms with Gasteiger partial charge < -0.3 is 4.90 Å². The summed E-state index contributed by atoms with van der Waals surface area (Å²) in [6, 6.07) is 0. The Bertz CT molecular complexity index is 339. The average molecular weight is 261 g/mol. The molecular formula is C13H18F3NO. The van der Waals surface area contributed by atoms with Crippen LogP contribution in [0.25, 0.3) is 0 Å². The van der Waals surface area contributed by atoms with Crippen molar-refractivity contribution in [3.8, 4) is 12.3 Å². The fourth-order valence-corrected chi connectivity index (χ4v) is 1.52. The molecule has 0 spiro atoms. The topological polar surface area (TPSA) is 20.3 Å². The van der Waals surface area contributed by atoms with Gasteiger partial charge in [-0.3, -0.25) is 4.79 Å². The molecule has 102 valence electrons. The molecule has 0 aromatic carbocycles. The van der Waals surface area contributed by atoms with Crippen molar-refractivity contribution in [2.24, 2.45) is 0 Å². The molecule has 0 radical (unpaired) electrons. The normalized spacial score (nSPS) is 12.1. The minimum Gasteiger partial charge on any atom is -0.364 e. The number of alkyl halides is 3. The second kappa shape index (κ2) is 7.80. The Hall–Kier alpha value is -1.44. The van der Waals surface area contributed by atoms with Crippen molar-refractivity contribution in [1.82, 2.24) is 4.90 Å². The first-order valence-electron chi connectivity index (χ1n) is 5.86. The van der Waals surface area contributed by atoms with Gasteiger partial charge in [0.05, 0.1) is 6.54 Å². The van der Waals surface area contributed by atoms with Crippen LogP contribution in [0.5, 0.6) is 0 Å². The monoisotopic (exact) mass is 261 g/mol. The summed E-state index contributed by atoms with van der Waals surface area (Å²) in [4.78, 5) is 12.6. The largest absolute Gasteiger partial charge is 0.454 e. The van der Waals surface area contributed by atoms with Crippen LogP contribution in [0.1, 0.15) is 33.1 Å². The van der Waals surface area contributed by atoms with Gasteiger partial charge >= 0.3 is 6.18 Å². The lowest BCUT2D eigenvalue weighted by Gasteiger charge is -2.25. The fourth-order valence-electron chi connectivity index (χ4n) is 1.52. The van der Waals surface area contributed by atoms with E-state index in [1.54, 1.807) is 4.90 Å². The van der Waals surface area contributed by atoms with E-state index in [0.717, 1.165) is 6.42 Å². The van der Waals surface area contributed by atoms with Crippen LogP contribution < -0.4 is 0 Å². The van der Waals surface area contributed by atoms with E-state index in [2.05, 4.69) is 5.92 Å². The molecule has 0 aromatic heterocycles. The van der Waals surface area contributed by atoms with Crippen LogP contribution in [0.4, 0.5) is 13.2 Å². The summed E-state index contributed by atoms with van der Waals surface area (Å²) in [5.41, 5.74) is 0.361. The van der Waals surface area contributed by atoms with E-state index < -0.39 is 12.0 Å². The van der Waals surface area contributed by atoms with Crippen molar-refractivity contribution in [3.63, 3.8) is 0 Å². The van der Waals surface area contributed by atoms with Gasteiger partial charge in [-0.1, -0.05) is 26.2 Å². The first kappa shape index (κ1) is 16.6. The number of terminal acetylenes is 1. The first-order chi connectivity index (χ1) is 8.36. The molecule has 0 unspecified atom stereocenters. The maximum Gasteiger partial charge on any atom is 0.454 e. The molecule has 5 heteroatoms. The molecule has 0 atom stereocenters. The van der Waals surface area contributed by atoms with Gasteiger partial charge in [0, 0.05) is 18.3 Å². The lowest BCUT2D eigenvalue weighted by Crippen LogP contribution is -2.27. The van der Waals surface area contributed by atoms with Crippen molar-refractivity contribution in [3.05, 3.63) is 11.8 Å². The molecular weight excluding hydrogens is 243 g/mol. The predicted octanol–water partition coefficient (Wildman–Crippen LogP) is 3.15. The SMILES string of the molecule is C#CCN(CCC)/C(=C/C(=O)C(F)(F)F)CCC. The molecule has 0 heterocycles. The Labute approximate surface area is 106 Å². The summed E-state index contributed by atoms with van der Waals surface area (Å²) >= 11 is 0. The maximum absolute atomic E-state index is 12.2. The molecule has 0 aromatic rings. The molecule has 0 fully saturated rings. The van der Waals surface area contributed by atoms with E-state index in [0.29, 0.717) is 31.2 Å². The van der Waals surface area contributed by atoms with E-state index >= 15 is 0 Å². The number of hydrogen-bond acceptors (Lipinski definition) is 2. The van der Waals surface area contributed by atoms with E-state index in [1.165, 1.54) is 0 Å². The zero-order chi connectivity index (χ0) is 14.2. The van der Waals surface area contributed by atoms with Crippen molar-refractivity contribution < 1.29 is 18.0 Å². The van der Waals surface area contributed by atoms with E-state index in [9.17, 15) is 18.0 Å². The molecule has 2 nitrogen and oxygen atoms in total. The van der Waals surface area contributed by atoms with E-state index in [4.69, 9.17) is 6.42 Å². The number of carbonyl (C=O) groups excluding carboxylic acids is 1. The van der Waals surface area contributed by atoms with Gasteiger partial charge in [0.25, 0.3) is 5.78 Å². The van der Waals surface area contributed by atoms with Crippen LogP contribution in [-0.4, -0.2) is 29.9 Å². The quantitative estimate of drug-likeness (QED) is 0.518. The minimum atomic E-state index is -4.83. The van der Waals surface area contributed by atoms with E-state index in [-0.39, 0.29) is 6.54 Å². The third kappa shape index (κ3) is 5.76. The number of ketones is 1. The number of halogens is 3. The molecule has 0 aliphatic heterocycles. The zero-order valence-corrected chi connectivity index (χ0v) is 10.7. The number of allylic oxidation sites excluding steroid dienone is 2. The Morgan fingerprint density at radius 2 is 1.94 bits per heavy atom. The average Bonchev–Trinajstić information content (AvgIpc) is 2.27. The number of carbonyl (C=O) groups is 1. The predicted molar refractivity (Wildman–Crippen MR) is 64.8 cm³/mol. The van der Waals surface area contributed by atoms with Crippen LogP contribution in [0.2, 0.25) is 0 Å². The molecule has 0 aliphatic rings. The lowest BCUT2D eigenvalue weighted by atomic mass is 10.1. The standard InChI is InChI=1S/C13H18F3NO/c1-4-7-11(10-12(18)13(14,15)16)17(8-5-2)9-6-3/h2,10H,4,6-9H2,1,3H3/b11-10+. The molecule has 0 bridgehead atoms. The third-order valence-electron chi connectivity index (χ3n) is 2.27. The van der Waals surface area contributed by atoms with Crippen molar-refractivity contribution in [2.45, 2.75) is 39.3 Å². The Balaban J connectivity index is 5.08. The van der Waals surface area contributed by atoms with Gasteiger partial charge in [0.2, 0.25) is 0 Å². The van der Waals surface area contributed by atoms with Gasteiger partial charge in [-0.25, -0.2) is 0 Å². The highest BCUT2D eigenvalue weighted by Gasteiger charge is 2.37. The summed E-state index contributed by atoms with van der Waals surface area (Å²) < 4.78 is 36.7. The second-order valence-corrected chi connectivity index (χ2v) is 3.87. The summed E-state index contributed by atoms with van der Waals surface area (Å²) in [6.45, 7) is 4.50. The summed E-state index contributed by atoms with van der Waals surface area (Å²) in [7, 11) is 0. The van der Waals surface area contributed by atoms with Crippen molar-refractivity contribution >= 4 is 5.78 Å². The number of hydrogen-bond donors (Lipinski definition) is 0. The number of rotatable bonds is 7. The molecule has 0 aliphatic carbocycles. The highest BCUT2D eigenvalue weighted by Crippen LogP contribution is 2.20. The zero-order valence-electron chi connectivity index (χ0n) is 10.7. The molecule has 0 saturated heterocycles. The molecule has 18 heavy (non-hydrogen) atoms. The summed E-state index contributed by atoms with van der Waals surface area (Å²) in [5.74, 6) is 0.566. The third-order valence-corrected chi connectivity index (χ3v) is 2.27. The molecule has 0 amide bonds. The smallest absolute Gasteiger partial charge is 0.364 e. The Morgan fingerprint density at radius 1 is 1.33 bits per heavy atom. The fraction of sp³-hybridized carbons (Fsp3) is 0.615. The van der Waals surface area contributed by atoms with Crippen LogP contribution in [0, 0.1) is 12.3 Å². The van der Waals surface area contributed by atoms with Crippen LogP contribution >= 0.6 is 0 Å².